The lowest BCUT2D eigenvalue weighted by Crippen LogP contribution is -2.57. The molecule has 194 valence electrons. The predicted molar refractivity (Wildman–Crippen MR) is 125 cm³/mol. The Morgan fingerprint density at radius 1 is 1.14 bits per heavy atom. The zero-order valence-electron chi connectivity index (χ0n) is 19.5. The van der Waals surface area contributed by atoms with Crippen LogP contribution in [0.1, 0.15) is 24.1 Å². The van der Waals surface area contributed by atoms with Gasteiger partial charge in [-0.05, 0) is 30.5 Å². The first-order valence-electron chi connectivity index (χ1n) is 11.4. The Kier molecular flexibility index (Phi) is 8.97. The van der Waals surface area contributed by atoms with Gasteiger partial charge in [0.2, 0.25) is 17.7 Å². The molecule has 8 N–H and O–H groups in total. The fraction of sp³-hybridized carbons (Fsp3) is 0.435. The van der Waals surface area contributed by atoms with Crippen molar-refractivity contribution in [2.24, 2.45) is 5.73 Å². The number of nitrogens with two attached hydrogens (primary N) is 1. The molecule has 1 aromatic heterocycles. The van der Waals surface area contributed by atoms with Gasteiger partial charge in [-0.2, -0.15) is 0 Å². The number of amides is 3. The molecule has 1 aliphatic heterocycles. The molecule has 3 amide bonds. The third-order valence-electron chi connectivity index (χ3n) is 5.96. The Morgan fingerprint density at radius 2 is 1.86 bits per heavy atom. The van der Waals surface area contributed by atoms with Crippen LogP contribution in [0.25, 0.3) is 0 Å². The number of H-pyrrole nitrogens is 1. The summed E-state index contributed by atoms with van der Waals surface area (Å²) in [6.45, 7) is -0.378. The molecule has 13 nitrogen and oxygen atoms in total. The SMILES string of the molecule is NC(CO)C(=O)NC(Cc1ccc(O)cc1)C(=O)N1CCCC1C(=O)NC(Cc1cnc[nH]1)C(=O)O. The van der Waals surface area contributed by atoms with Crippen LogP contribution in [0.3, 0.4) is 0 Å². The molecular formula is C23H30N6O7. The third kappa shape index (κ3) is 6.79. The number of carboxylic acids is 1. The number of phenolic OH excluding ortho intramolecular Hbond substituents is 1. The number of benzene rings is 1. The summed E-state index contributed by atoms with van der Waals surface area (Å²) in [5, 5.41) is 33.3. The maximum Gasteiger partial charge on any atom is 0.326 e. The molecule has 4 unspecified atom stereocenters. The number of aliphatic hydroxyl groups is 1. The Bertz CT molecular complexity index is 1060. The minimum absolute atomic E-state index is 0.0136. The highest BCUT2D eigenvalue weighted by Crippen LogP contribution is 2.21. The molecule has 0 bridgehead atoms. The molecule has 1 saturated heterocycles. The van der Waals surface area contributed by atoms with Crippen molar-refractivity contribution >= 4 is 23.7 Å². The van der Waals surface area contributed by atoms with E-state index in [4.69, 9.17) is 5.73 Å². The fourth-order valence-corrected chi connectivity index (χ4v) is 4.02. The zero-order valence-corrected chi connectivity index (χ0v) is 19.5. The van der Waals surface area contributed by atoms with E-state index in [0.29, 0.717) is 24.1 Å². The van der Waals surface area contributed by atoms with Crippen LogP contribution in [0.4, 0.5) is 0 Å². The van der Waals surface area contributed by atoms with Gasteiger partial charge < -0.3 is 41.6 Å². The fourth-order valence-electron chi connectivity index (χ4n) is 4.02. The Balaban J connectivity index is 1.75. The van der Waals surface area contributed by atoms with E-state index in [1.54, 1.807) is 12.1 Å². The summed E-state index contributed by atoms with van der Waals surface area (Å²) in [4.78, 5) is 58.6. The molecule has 2 heterocycles. The van der Waals surface area contributed by atoms with Crippen LogP contribution in [0.2, 0.25) is 0 Å². The molecular weight excluding hydrogens is 472 g/mol. The highest BCUT2D eigenvalue weighted by molar-refractivity contribution is 5.94. The number of aromatic amines is 1. The van der Waals surface area contributed by atoms with Gasteiger partial charge in [0, 0.05) is 31.3 Å². The minimum atomic E-state index is -1.24. The number of aromatic nitrogens is 2. The van der Waals surface area contributed by atoms with Crippen molar-refractivity contribution < 1.29 is 34.5 Å². The van der Waals surface area contributed by atoms with Crippen LogP contribution in [0.15, 0.2) is 36.8 Å². The molecule has 1 aromatic carbocycles. The van der Waals surface area contributed by atoms with E-state index in [2.05, 4.69) is 20.6 Å². The molecule has 0 saturated carbocycles. The number of aliphatic hydroxyl groups excluding tert-OH is 1. The van der Waals surface area contributed by atoms with Crippen molar-refractivity contribution in [1.29, 1.82) is 0 Å². The first-order chi connectivity index (χ1) is 17.2. The van der Waals surface area contributed by atoms with Crippen molar-refractivity contribution in [3.05, 3.63) is 48.0 Å². The quantitative estimate of drug-likeness (QED) is 0.186. The van der Waals surface area contributed by atoms with Gasteiger partial charge in [-0.1, -0.05) is 12.1 Å². The van der Waals surface area contributed by atoms with Crippen molar-refractivity contribution in [3.63, 3.8) is 0 Å². The summed E-state index contributed by atoms with van der Waals surface area (Å²) in [5.74, 6) is -3.09. The number of phenols is 1. The van der Waals surface area contributed by atoms with Gasteiger partial charge in [-0.25, -0.2) is 9.78 Å². The van der Waals surface area contributed by atoms with E-state index >= 15 is 0 Å². The number of hydrogen-bond donors (Lipinski definition) is 7. The van der Waals surface area contributed by atoms with E-state index in [1.807, 2.05) is 0 Å². The smallest absolute Gasteiger partial charge is 0.326 e. The number of carbonyl (C=O) groups is 4. The molecule has 1 fully saturated rings. The molecule has 3 rings (SSSR count). The molecule has 0 radical (unpaired) electrons. The molecule has 0 spiro atoms. The largest absolute Gasteiger partial charge is 0.508 e. The number of aliphatic carboxylic acids is 1. The number of imidazole rings is 1. The monoisotopic (exact) mass is 502 g/mol. The van der Waals surface area contributed by atoms with Gasteiger partial charge >= 0.3 is 5.97 Å². The van der Waals surface area contributed by atoms with Gasteiger partial charge in [-0.15, -0.1) is 0 Å². The van der Waals surface area contributed by atoms with Gasteiger partial charge in [-0.3, -0.25) is 14.4 Å². The average Bonchev–Trinajstić information content (AvgIpc) is 3.55. The van der Waals surface area contributed by atoms with Crippen molar-refractivity contribution in [3.8, 4) is 5.75 Å². The van der Waals surface area contributed by atoms with E-state index in [1.165, 1.54) is 29.6 Å². The minimum Gasteiger partial charge on any atom is -0.508 e. The number of carbonyl (C=O) groups excluding carboxylic acids is 3. The van der Waals surface area contributed by atoms with Gasteiger partial charge in [0.25, 0.3) is 0 Å². The molecule has 0 aliphatic carbocycles. The maximum atomic E-state index is 13.5. The molecule has 13 heteroatoms. The van der Waals surface area contributed by atoms with Gasteiger partial charge in [0.1, 0.15) is 29.9 Å². The summed E-state index contributed by atoms with van der Waals surface area (Å²) in [7, 11) is 0. The first-order valence-corrected chi connectivity index (χ1v) is 11.4. The number of rotatable bonds is 11. The van der Waals surface area contributed by atoms with Crippen LogP contribution in [-0.2, 0) is 32.0 Å². The Morgan fingerprint density at radius 3 is 2.47 bits per heavy atom. The number of nitrogens with one attached hydrogen (secondary N) is 3. The van der Waals surface area contributed by atoms with Crippen LogP contribution in [-0.4, -0.2) is 91.2 Å². The van der Waals surface area contributed by atoms with Crippen LogP contribution >= 0.6 is 0 Å². The lowest BCUT2D eigenvalue weighted by atomic mass is 10.0. The summed E-state index contributed by atoms with van der Waals surface area (Å²) < 4.78 is 0. The van der Waals surface area contributed by atoms with Crippen molar-refractivity contribution in [2.75, 3.05) is 13.2 Å². The number of nitrogens with zero attached hydrogens (tertiary/aromatic N) is 2. The summed E-state index contributed by atoms with van der Waals surface area (Å²) in [6, 6.07) is 1.57. The molecule has 1 aliphatic rings. The number of aromatic hydroxyl groups is 1. The van der Waals surface area contributed by atoms with E-state index in [-0.39, 0.29) is 25.1 Å². The standard InChI is InChI=1S/C23H30N6O7/c24-16(11-30)20(32)27-17(8-13-3-5-15(31)6-4-13)22(34)29-7-1-2-19(29)21(33)28-18(23(35)36)9-14-10-25-12-26-14/h3-6,10,12,16-19,30-31H,1-2,7-9,11,24H2,(H,25,26)(H,27,32)(H,28,33)(H,35,36). The first kappa shape index (κ1) is 26.6. The highest BCUT2D eigenvalue weighted by atomic mass is 16.4. The second-order valence-electron chi connectivity index (χ2n) is 8.59. The number of carboxylic acid groups (broad SMARTS) is 1. The van der Waals surface area contributed by atoms with Crippen LogP contribution in [0.5, 0.6) is 5.75 Å². The molecule has 36 heavy (non-hydrogen) atoms. The summed E-state index contributed by atoms with van der Waals surface area (Å²) in [5.41, 5.74) is 6.76. The van der Waals surface area contributed by atoms with Crippen molar-refractivity contribution in [2.45, 2.75) is 49.9 Å². The number of likely N-dealkylation sites (tertiary alicyclic amines) is 1. The summed E-state index contributed by atoms with van der Waals surface area (Å²) in [6.07, 6.45) is 3.73. The lowest BCUT2D eigenvalue weighted by Gasteiger charge is -2.30. The zero-order chi connectivity index (χ0) is 26.2. The van der Waals surface area contributed by atoms with E-state index in [0.717, 1.165) is 0 Å². The lowest BCUT2D eigenvalue weighted by molar-refractivity contribution is -0.145. The average molecular weight is 503 g/mol. The molecule has 2 aromatic rings. The highest BCUT2D eigenvalue weighted by Gasteiger charge is 2.39. The second-order valence-corrected chi connectivity index (χ2v) is 8.59. The normalized spacial score (nSPS) is 17.7. The maximum absolute atomic E-state index is 13.5. The summed E-state index contributed by atoms with van der Waals surface area (Å²) >= 11 is 0. The number of hydrogen-bond acceptors (Lipinski definition) is 8. The van der Waals surface area contributed by atoms with E-state index < -0.39 is 54.5 Å². The molecule has 4 atom stereocenters. The third-order valence-corrected chi connectivity index (χ3v) is 5.96. The van der Waals surface area contributed by atoms with E-state index in [9.17, 15) is 34.5 Å². The van der Waals surface area contributed by atoms with Crippen LogP contribution < -0.4 is 16.4 Å². The topological polar surface area (TPSA) is 211 Å². The predicted octanol–water partition coefficient (Wildman–Crippen LogP) is -1.73. The Labute approximate surface area is 206 Å². The van der Waals surface area contributed by atoms with Gasteiger partial charge in [0.05, 0.1) is 12.9 Å². The second kappa shape index (κ2) is 12.1. The van der Waals surface area contributed by atoms with Gasteiger partial charge in [0.15, 0.2) is 0 Å². The Hall–Kier alpha value is -3.97. The van der Waals surface area contributed by atoms with Crippen molar-refractivity contribution in [1.82, 2.24) is 25.5 Å². The van der Waals surface area contributed by atoms with Crippen LogP contribution in [0, 0.1) is 0 Å².